The van der Waals surface area contributed by atoms with Crippen molar-refractivity contribution in [3.05, 3.63) is 11.4 Å². The van der Waals surface area contributed by atoms with Gasteiger partial charge < -0.3 is 10.6 Å². The van der Waals surface area contributed by atoms with Gasteiger partial charge in [-0.05, 0) is 46.2 Å². The highest BCUT2D eigenvalue weighted by atomic mass is 15.3. The van der Waals surface area contributed by atoms with Gasteiger partial charge in [0.2, 0.25) is 0 Å². The van der Waals surface area contributed by atoms with E-state index in [1.807, 2.05) is 11.7 Å². The quantitative estimate of drug-likeness (QED) is 0.798. The molecule has 0 aromatic carbocycles. The first kappa shape index (κ1) is 11.5. The number of rotatable bonds is 2. The van der Waals surface area contributed by atoms with Gasteiger partial charge in [-0.25, -0.2) is 0 Å². The first-order valence-electron chi connectivity index (χ1n) is 6.16. The summed E-state index contributed by atoms with van der Waals surface area (Å²) in [6.07, 6.45) is 3.71. The Morgan fingerprint density at radius 2 is 2.12 bits per heavy atom. The van der Waals surface area contributed by atoms with Crippen LogP contribution in [0.15, 0.2) is 0 Å². The topological polar surface area (TPSA) is 41.9 Å². The Balaban J connectivity index is 2.07. The van der Waals surface area contributed by atoms with E-state index in [4.69, 9.17) is 0 Å². The van der Waals surface area contributed by atoms with Gasteiger partial charge in [-0.1, -0.05) is 0 Å². The normalized spacial score (nSPS) is 21.8. The SMILES string of the molecule is Cc1nn(C)c(C)c1NC1CCCNCC1. The second-order valence-corrected chi connectivity index (χ2v) is 4.69. The molecule has 0 spiro atoms. The van der Waals surface area contributed by atoms with Gasteiger partial charge in [-0.15, -0.1) is 0 Å². The fraction of sp³-hybridized carbons (Fsp3) is 0.750. The molecule has 1 aromatic rings. The molecule has 90 valence electrons. The molecule has 1 fully saturated rings. The summed E-state index contributed by atoms with van der Waals surface area (Å²) >= 11 is 0. The third kappa shape index (κ3) is 2.38. The Kier molecular flexibility index (Phi) is 3.49. The van der Waals surface area contributed by atoms with Crippen molar-refractivity contribution in [2.75, 3.05) is 18.4 Å². The molecule has 1 aromatic heterocycles. The number of aromatic nitrogens is 2. The van der Waals surface area contributed by atoms with Crippen LogP contribution in [0.5, 0.6) is 0 Å². The lowest BCUT2D eigenvalue weighted by atomic mass is 10.1. The van der Waals surface area contributed by atoms with Crippen LogP contribution in [0, 0.1) is 13.8 Å². The molecule has 1 saturated heterocycles. The lowest BCUT2D eigenvalue weighted by Crippen LogP contribution is -2.22. The molecule has 0 bridgehead atoms. The van der Waals surface area contributed by atoms with Gasteiger partial charge >= 0.3 is 0 Å². The summed E-state index contributed by atoms with van der Waals surface area (Å²) in [6.45, 7) is 6.47. The molecule has 4 nitrogen and oxygen atoms in total. The molecule has 0 saturated carbocycles. The number of nitrogens with one attached hydrogen (secondary N) is 2. The summed E-state index contributed by atoms with van der Waals surface area (Å²) in [6, 6.07) is 0.594. The van der Waals surface area contributed by atoms with Crippen molar-refractivity contribution in [3.8, 4) is 0 Å². The summed E-state index contributed by atoms with van der Waals surface area (Å²) in [5, 5.41) is 11.5. The Morgan fingerprint density at radius 1 is 1.31 bits per heavy atom. The van der Waals surface area contributed by atoms with Gasteiger partial charge in [-0.3, -0.25) is 4.68 Å². The fourth-order valence-corrected chi connectivity index (χ4v) is 2.35. The average Bonchev–Trinajstić information content (AvgIpc) is 2.51. The Morgan fingerprint density at radius 3 is 2.81 bits per heavy atom. The van der Waals surface area contributed by atoms with E-state index in [2.05, 4.69) is 29.6 Å². The number of anilines is 1. The van der Waals surface area contributed by atoms with Crippen LogP contribution in [-0.4, -0.2) is 28.9 Å². The second-order valence-electron chi connectivity index (χ2n) is 4.69. The third-order valence-corrected chi connectivity index (χ3v) is 3.43. The lowest BCUT2D eigenvalue weighted by Gasteiger charge is -2.17. The predicted molar refractivity (Wildman–Crippen MR) is 66.8 cm³/mol. The minimum atomic E-state index is 0.594. The molecule has 0 aliphatic carbocycles. The zero-order chi connectivity index (χ0) is 11.5. The maximum Gasteiger partial charge on any atom is 0.0827 e. The number of nitrogens with zero attached hydrogens (tertiary/aromatic N) is 2. The maximum atomic E-state index is 4.44. The second kappa shape index (κ2) is 4.87. The Labute approximate surface area is 97.4 Å². The number of hydrogen-bond donors (Lipinski definition) is 2. The molecule has 2 heterocycles. The van der Waals surface area contributed by atoms with Crippen LogP contribution < -0.4 is 10.6 Å². The lowest BCUT2D eigenvalue weighted by molar-refractivity contribution is 0.636. The van der Waals surface area contributed by atoms with Crippen molar-refractivity contribution in [2.24, 2.45) is 7.05 Å². The first-order valence-corrected chi connectivity index (χ1v) is 6.16. The predicted octanol–water partition coefficient (Wildman–Crippen LogP) is 1.59. The van der Waals surface area contributed by atoms with E-state index < -0.39 is 0 Å². The van der Waals surface area contributed by atoms with Crippen LogP contribution in [-0.2, 0) is 7.05 Å². The van der Waals surface area contributed by atoms with Crippen LogP contribution >= 0.6 is 0 Å². The van der Waals surface area contributed by atoms with Crippen molar-refractivity contribution in [2.45, 2.75) is 39.2 Å². The molecule has 1 unspecified atom stereocenters. The summed E-state index contributed by atoms with van der Waals surface area (Å²) in [5.41, 5.74) is 3.57. The minimum Gasteiger partial charge on any atom is -0.379 e. The van der Waals surface area contributed by atoms with Crippen LogP contribution in [0.25, 0.3) is 0 Å². The molecule has 2 rings (SSSR count). The van der Waals surface area contributed by atoms with Gasteiger partial charge in [0.15, 0.2) is 0 Å². The Hall–Kier alpha value is -1.03. The van der Waals surface area contributed by atoms with Gasteiger partial charge in [0.25, 0.3) is 0 Å². The van der Waals surface area contributed by atoms with Crippen LogP contribution in [0.2, 0.25) is 0 Å². The highest BCUT2D eigenvalue weighted by Crippen LogP contribution is 2.21. The largest absolute Gasteiger partial charge is 0.379 e. The van der Waals surface area contributed by atoms with Gasteiger partial charge in [-0.2, -0.15) is 5.10 Å². The van der Waals surface area contributed by atoms with Crippen molar-refractivity contribution in [1.29, 1.82) is 0 Å². The highest BCUT2D eigenvalue weighted by molar-refractivity contribution is 5.52. The molecule has 2 N–H and O–H groups in total. The summed E-state index contributed by atoms with van der Waals surface area (Å²) < 4.78 is 1.95. The Bertz CT molecular complexity index is 348. The van der Waals surface area contributed by atoms with Gasteiger partial charge in [0.05, 0.1) is 17.1 Å². The minimum absolute atomic E-state index is 0.594. The molecular formula is C12H22N4. The van der Waals surface area contributed by atoms with Gasteiger partial charge in [0.1, 0.15) is 0 Å². The maximum absolute atomic E-state index is 4.44. The van der Waals surface area contributed by atoms with E-state index in [0.717, 1.165) is 18.8 Å². The zero-order valence-electron chi connectivity index (χ0n) is 10.5. The molecule has 1 atom stereocenters. The summed E-state index contributed by atoms with van der Waals surface area (Å²) in [7, 11) is 2.00. The first-order chi connectivity index (χ1) is 7.68. The van der Waals surface area contributed by atoms with Crippen molar-refractivity contribution >= 4 is 5.69 Å². The molecule has 0 amide bonds. The summed E-state index contributed by atoms with van der Waals surface area (Å²) in [4.78, 5) is 0. The molecule has 4 heteroatoms. The molecule has 0 radical (unpaired) electrons. The smallest absolute Gasteiger partial charge is 0.0827 e. The number of aryl methyl sites for hydroxylation is 2. The fourth-order valence-electron chi connectivity index (χ4n) is 2.35. The zero-order valence-corrected chi connectivity index (χ0v) is 10.5. The summed E-state index contributed by atoms with van der Waals surface area (Å²) in [5.74, 6) is 0. The highest BCUT2D eigenvalue weighted by Gasteiger charge is 2.15. The van der Waals surface area contributed by atoms with Crippen molar-refractivity contribution in [1.82, 2.24) is 15.1 Å². The standard InChI is InChI=1S/C12H22N4/c1-9-12(10(2)16(3)15-9)14-11-5-4-7-13-8-6-11/h11,13-14H,4-8H2,1-3H3. The van der Waals surface area contributed by atoms with E-state index in [9.17, 15) is 0 Å². The molecule has 1 aliphatic rings. The molecule has 16 heavy (non-hydrogen) atoms. The molecular weight excluding hydrogens is 200 g/mol. The van der Waals surface area contributed by atoms with Crippen LogP contribution in [0.4, 0.5) is 5.69 Å². The number of hydrogen-bond acceptors (Lipinski definition) is 3. The van der Waals surface area contributed by atoms with Crippen LogP contribution in [0.1, 0.15) is 30.7 Å². The van der Waals surface area contributed by atoms with Crippen LogP contribution in [0.3, 0.4) is 0 Å². The molecule has 1 aliphatic heterocycles. The van der Waals surface area contributed by atoms with E-state index in [-0.39, 0.29) is 0 Å². The van der Waals surface area contributed by atoms with E-state index in [1.54, 1.807) is 0 Å². The van der Waals surface area contributed by atoms with Gasteiger partial charge in [0, 0.05) is 13.1 Å². The average molecular weight is 222 g/mol. The monoisotopic (exact) mass is 222 g/mol. The van der Waals surface area contributed by atoms with E-state index in [0.29, 0.717) is 6.04 Å². The van der Waals surface area contributed by atoms with E-state index >= 15 is 0 Å². The van der Waals surface area contributed by atoms with E-state index in [1.165, 1.54) is 30.6 Å². The van der Waals surface area contributed by atoms with Crippen molar-refractivity contribution in [3.63, 3.8) is 0 Å². The third-order valence-electron chi connectivity index (χ3n) is 3.43. The van der Waals surface area contributed by atoms with Crippen molar-refractivity contribution < 1.29 is 0 Å².